The maximum atomic E-state index is 13.3. The number of phenolic OH excluding ortho intramolecular Hbond substituents is 1. The average molecular weight is 464 g/mol. The lowest BCUT2D eigenvalue weighted by Gasteiger charge is -2.14. The molecule has 0 atom stereocenters. The molecule has 8 heteroatoms. The first-order valence-electron chi connectivity index (χ1n) is 9.64. The minimum absolute atomic E-state index is 0.104. The van der Waals surface area contributed by atoms with Crippen molar-refractivity contribution in [2.75, 3.05) is 0 Å². The Kier molecular flexibility index (Phi) is 4.96. The monoisotopic (exact) mass is 463 g/mol. The fourth-order valence-electron chi connectivity index (χ4n) is 3.73. The summed E-state index contributed by atoms with van der Waals surface area (Å²) in [6.07, 6.45) is 3.01. The summed E-state index contributed by atoms with van der Waals surface area (Å²) in [5.74, 6) is 0.519. The van der Waals surface area contributed by atoms with Crippen molar-refractivity contribution in [1.82, 2.24) is 14.8 Å². The fourth-order valence-corrected chi connectivity index (χ4v) is 4.36. The van der Waals surface area contributed by atoms with Crippen LogP contribution >= 0.6 is 23.2 Å². The zero-order valence-corrected chi connectivity index (χ0v) is 18.2. The second-order valence-electron chi connectivity index (χ2n) is 7.32. The van der Waals surface area contributed by atoms with Crippen LogP contribution in [0.2, 0.25) is 10.0 Å². The number of hydrogen-bond acceptors (Lipinski definition) is 5. The van der Waals surface area contributed by atoms with Gasteiger partial charge in [-0.15, -0.1) is 0 Å². The van der Waals surface area contributed by atoms with Crippen molar-refractivity contribution < 1.29 is 9.52 Å². The summed E-state index contributed by atoms with van der Waals surface area (Å²) in [6, 6.07) is 15.7. The van der Waals surface area contributed by atoms with Gasteiger partial charge in [-0.25, -0.2) is 4.98 Å². The van der Waals surface area contributed by atoms with E-state index in [1.54, 1.807) is 18.3 Å². The van der Waals surface area contributed by atoms with E-state index in [0.29, 0.717) is 22.2 Å². The normalized spacial score (nSPS) is 11.2. The summed E-state index contributed by atoms with van der Waals surface area (Å²) in [4.78, 5) is 17.3. The predicted octanol–water partition coefficient (Wildman–Crippen LogP) is 6.03. The van der Waals surface area contributed by atoms with E-state index in [0.717, 1.165) is 16.7 Å². The second-order valence-corrected chi connectivity index (χ2v) is 8.14. The van der Waals surface area contributed by atoms with Gasteiger partial charge in [0.1, 0.15) is 11.4 Å². The van der Waals surface area contributed by atoms with Crippen molar-refractivity contribution in [3.63, 3.8) is 0 Å². The summed E-state index contributed by atoms with van der Waals surface area (Å²) in [6.45, 7) is 1.97. The first-order chi connectivity index (χ1) is 15.4. The highest BCUT2D eigenvalue weighted by Crippen LogP contribution is 2.34. The number of rotatable bonds is 3. The quantitative estimate of drug-likeness (QED) is 0.353. The Morgan fingerprint density at radius 2 is 1.66 bits per heavy atom. The Morgan fingerprint density at radius 3 is 2.34 bits per heavy atom. The minimum Gasteiger partial charge on any atom is -0.508 e. The van der Waals surface area contributed by atoms with Gasteiger partial charge >= 0.3 is 0 Å². The van der Waals surface area contributed by atoms with E-state index >= 15 is 0 Å². The van der Waals surface area contributed by atoms with Gasteiger partial charge in [-0.05, 0) is 36.8 Å². The third-order valence-electron chi connectivity index (χ3n) is 5.09. The topological polar surface area (TPSA) is 81.2 Å². The molecule has 0 aliphatic rings. The molecule has 32 heavy (non-hydrogen) atoms. The van der Waals surface area contributed by atoms with Crippen molar-refractivity contribution in [3.05, 3.63) is 93.2 Å². The summed E-state index contributed by atoms with van der Waals surface area (Å²) in [5.41, 5.74) is 3.01. The molecule has 1 N–H and O–H groups in total. The number of aromatic hydroxyl groups is 1. The number of oxazole rings is 1. The van der Waals surface area contributed by atoms with Gasteiger partial charge in [0, 0.05) is 28.6 Å². The highest BCUT2D eigenvalue weighted by atomic mass is 35.5. The van der Waals surface area contributed by atoms with Crippen LogP contribution in [0.4, 0.5) is 0 Å². The van der Waals surface area contributed by atoms with Gasteiger partial charge in [0.05, 0.1) is 27.3 Å². The van der Waals surface area contributed by atoms with E-state index in [1.165, 1.54) is 23.2 Å². The van der Waals surface area contributed by atoms with Crippen LogP contribution in [0.15, 0.2) is 76.4 Å². The minimum atomic E-state index is -0.373. The molecule has 0 amide bonds. The molecule has 0 fully saturated rings. The Balaban J connectivity index is 1.85. The Labute approximate surface area is 192 Å². The molecule has 0 bridgehead atoms. The summed E-state index contributed by atoms with van der Waals surface area (Å²) < 4.78 is 6.64. The van der Waals surface area contributed by atoms with Crippen molar-refractivity contribution in [3.8, 4) is 34.0 Å². The van der Waals surface area contributed by atoms with Gasteiger partial charge in [-0.2, -0.15) is 9.78 Å². The molecular formula is C24H15Cl2N3O3. The standard InChI is InChI=1S/C24H15Cl2N3O3/c1-13-6-14(21-11-27-12-32-21)8-15(7-13)22-17-4-2-3-5-18(17)24(31)29(28-22)23-19(25)9-16(30)10-20(23)26/h2-12,30H,1H3. The molecule has 5 rings (SSSR count). The van der Waals surface area contributed by atoms with Crippen LogP contribution in [0.3, 0.4) is 0 Å². The van der Waals surface area contributed by atoms with E-state index in [4.69, 9.17) is 27.6 Å². The van der Waals surface area contributed by atoms with Gasteiger partial charge in [0.15, 0.2) is 12.2 Å². The smallest absolute Gasteiger partial charge is 0.279 e. The lowest BCUT2D eigenvalue weighted by molar-refractivity contribution is 0.475. The molecule has 0 radical (unpaired) electrons. The SMILES string of the molecule is Cc1cc(-c2cnco2)cc(-c2nn(-c3c(Cl)cc(O)cc3Cl)c(=O)c3ccccc23)c1. The van der Waals surface area contributed by atoms with Crippen LogP contribution in [0.1, 0.15) is 5.56 Å². The number of aromatic nitrogens is 3. The summed E-state index contributed by atoms with van der Waals surface area (Å²) in [7, 11) is 0. The molecule has 0 aliphatic carbocycles. The molecule has 0 saturated carbocycles. The maximum Gasteiger partial charge on any atom is 0.279 e. The molecule has 0 unspecified atom stereocenters. The average Bonchev–Trinajstić information content (AvgIpc) is 3.29. The number of phenols is 1. The maximum absolute atomic E-state index is 13.3. The lowest BCUT2D eigenvalue weighted by atomic mass is 9.99. The molecule has 158 valence electrons. The first-order valence-corrected chi connectivity index (χ1v) is 10.4. The zero-order chi connectivity index (χ0) is 22.4. The Morgan fingerprint density at radius 1 is 0.969 bits per heavy atom. The number of nitrogens with zero attached hydrogens (tertiary/aromatic N) is 3. The van der Waals surface area contributed by atoms with Crippen LogP contribution in [-0.4, -0.2) is 19.9 Å². The molecule has 2 aromatic heterocycles. The lowest BCUT2D eigenvalue weighted by Crippen LogP contribution is -2.23. The van der Waals surface area contributed by atoms with E-state index in [-0.39, 0.29) is 27.0 Å². The number of aryl methyl sites for hydroxylation is 1. The first kappa shape index (κ1) is 20.3. The van der Waals surface area contributed by atoms with Crippen LogP contribution in [-0.2, 0) is 0 Å². The highest BCUT2D eigenvalue weighted by Gasteiger charge is 2.19. The molecule has 5 aromatic rings. The molecule has 0 spiro atoms. The van der Waals surface area contributed by atoms with E-state index in [2.05, 4.69) is 10.1 Å². The number of halogens is 2. The van der Waals surface area contributed by atoms with Crippen LogP contribution in [0, 0.1) is 6.92 Å². The van der Waals surface area contributed by atoms with E-state index in [9.17, 15) is 9.90 Å². The zero-order valence-electron chi connectivity index (χ0n) is 16.7. The van der Waals surface area contributed by atoms with Crippen LogP contribution < -0.4 is 5.56 Å². The molecule has 0 saturated heterocycles. The van der Waals surface area contributed by atoms with Crippen molar-refractivity contribution in [2.24, 2.45) is 0 Å². The fraction of sp³-hybridized carbons (Fsp3) is 0.0417. The van der Waals surface area contributed by atoms with Crippen LogP contribution in [0.5, 0.6) is 5.75 Å². The summed E-state index contributed by atoms with van der Waals surface area (Å²) >= 11 is 12.7. The van der Waals surface area contributed by atoms with E-state index < -0.39 is 0 Å². The highest BCUT2D eigenvalue weighted by molar-refractivity contribution is 6.38. The molecule has 0 aliphatic heterocycles. The van der Waals surface area contributed by atoms with Crippen LogP contribution in [0.25, 0.3) is 39.0 Å². The van der Waals surface area contributed by atoms with Gasteiger partial charge in [0.25, 0.3) is 5.56 Å². The largest absolute Gasteiger partial charge is 0.508 e. The molecule has 3 aromatic carbocycles. The number of fused-ring (bicyclic) bond motifs is 1. The van der Waals surface area contributed by atoms with Gasteiger partial charge < -0.3 is 9.52 Å². The number of benzene rings is 3. The third kappa shape index (κ3) is 3.43. The van der Waals surface area contributed by atoms with Gasteiger partial charge in [-0.1, -0.05) is 41.4 Å². The van der Waals surface area contributed by atoms with Gasteiger partial charge in [-0.3, -0.25) is 4.79 Å². The van der Waals surface area contributed by atoms with Crippen molar-refractivity contribution in [2.45, 2.75) is 6.92 Å². The number of hydrogen-bond donors (Lipinski definition) is 1. The van der Waals surface area contributed by atoms with Gasteiger partial charge in [0.2, 0.25) is 0 Å². The van der Waals surface area contributed by atoms with E-state index in [1.807, 2.05) is 37.3 Å². The molecular weight excluding hydrogens is 449 g/mol. The Bertz CT molecular complexity index is 1520. The second kappa shape index (κ2) is 7.82. The molecule has 6 nitrogen and oxygen atoms in total. The summed E-state index contributed by atoms with van der Waals surface area (Å²) in [5, 5.41) is 15.8. The van der Waals surface area contributed by atoms with Crippen molar-refractivity contribution >= 4 is 34.0 Å². The predicted molar refractivity (Wildman–Crippen MR) is 125 cm³/mol. The molecule has 2 heterocycles. The van der Waals surface area contributed by atoms with Crippen molar-refractivity contribution in [1.29, 1.82) is 0 Å². The third-order valence-corrected chi connectivity index (χ3v) is 5.66. The Hall–Kier alpha value is -3.61.